The summed E-state index contributed by atoms with van der Waals surface area (Å²) in [5, 5.41) is 9.56. The van der Waals surface area contributed by atoms with Crippen LogP contribution in [0.2, 0.25) is 0 Å². The third kappa shape index (κ3) is 3.03. The number of imide groups is 1. The maximum absolute atomic E-state index is 13.1. The minimum atomic E-state index is -0.849. The van der Waals surface area contributed by atoms with Gasteiger partial charge in [-0.3, -0.25) is 14.6 Å². The molecule has 2 aromatic carbocycles. The van der Waals surface area contributed by atoms with Gasteiger partial charge in [-0.05, 0) is 48.4 Å². The Labute approximate surface area is 155 Å². The number of hydrogen-bond donors (Lipinski definition) is 0. The minimum absolute atomic E-state index is 0.339. The van der Waals surface area contributed by atoms with Crippen LogP contribution in [0.15, 0.2) is 58.9 Å². The van der Waals surface area contributed by atoms with Crippen LogP contribution in [0.1, 0.15) is 5.56 Å². The molecule has 1 saturated heterocycles. The molecular weight excluding hydrogens is 351 g/mol. The topological polar surface area (TPSA) is 74.6 Å². The van der Waals surface area contributed by atoms with Gasteiger partial charge in [0, 0.05) is 6.54 Å². The second-order valence-corrected chi connectivity index (χ2v) is 6.34. The number of rotatable bonds is 5. The first kappa shape index (κ1) is 17.1. The molecule has 2 heterocycles. The number of anilines is 1. The van der Waals surface area contributed by atoms with E-state index in [4.69, 9.17) is 4.74 Å². The van der Waals surface area contributed by atoms with E-state index in [9.17, 15) is 14.0 Å². The van der Waals surface area contributed by atoms with Crippen LogP contribution in [0.3, 0.4) is 0 Å². The Balaban J connectivity index is 1.48. The Morgan fingerprint density at radius 2 is 1.74 bits per heavy atom. The Bertz CT molecular complexity index is 898. The molecule has 2 atom stereocenters. The second-order valence-electron chi connectivity index (χ2n) is 6.34. The third-order valence-corrected chi connectivity index (χ3v) is 4.73. The van der Waals surface area contributed by atoms with E-state index in [1.807, 2.05) is 24.3 Å². The number of halogens is 1. The van der Waals surface area contributed by atoms with Gasteiger partial charge in [0.15, 0.2) is 12.1 Å². The smallest absolute Gasteiger partial charge is 0.263 e. The first-order chi connectivity index (χ1) is 13.1. The molecule has 0 radical (unpaired) electrons. The highest BCUT2D eigenvalue weighted by Gasteiger charge is 2.54. The van der Waals surface area contributed by atoms with Gasteiger partial charge < -0.3 is 4.74 Å². The third-order valence-electron chi connectivity index (χ3n) is 4.73. The quantitative estimate of drug-likeness (QED) is 0.760. The molecule has 1 fully saturated rings. The fraction of sp³-hybridized carbons (Fsp3) is 0.263. The largest absolute Gasteiger partial charge is 0.497 e. The number of methoxy groups -OCH3 is 1. The molecule has 2 aromatic rings. The van der Waals surface area contributed by atoms with E-state index in [0.29, 0.717) is 18.7 Å². The van der Waals surface area contributed by atoms with Crippen LogP contribution in [0.25, 0.3) is 0 Å². The fourth-order valence-electron chi connectivity index (χ4n) is 3.29. The first-order valence-corrected chi connectivity index (χ1v) is 8.52. The van der Waals surface area contributed by atoms with E-state index in [0.717, 1.165) is 16.2 Å². The Hall–Kier alpha value is -3.29. The molecule has 4 rings (SSSR count). The Kier molecular flexibility index (Phi) is 4.31. The average molecular weight is 368 g/mol. The molecule has 0 N–H and O–H groups in total. The molecule has 0 aromatic heterocycles. The fourth-order valence-corrected chi connectivity index (χ4v) is 3.29. The lowest BCUT2D eigenvalue weighted by Gasteiger charge is -2.20. The predicted molar refractivity (Wildman–Crippen MR) is 94.7 cm³/mol. The van der Waals surface area contributed by atoms with Gasteiger partial charge in [0.05, 0.1) is 12.8 Å². The van der Waals surface area contributed by atoms with Crippen molar-refractivity contribution in [3.63, 3.8) is 0 Å². The number of carbonyl (C=O) groups excluding carboxylic acids is 2. The normalized spacial score (nSPS) is 21.1. The number of carbonyl (C=O) groups is 2. The Morgan fingerprint density at radius 3 is 2.41 bits per heavy atom. The van der Waals surface area contributed by atoms with Crippen LogP contribution >= 0.6 is 0 Å². The van der Waals surface area contributed by atoms with Crippen molar-refractivity contribution in [2.24, 2.45) is 10.3 Å². The lowest BCUT2D eigenvalue weighted by Crippen LogP contribution is -2.40. The molecule has 2 aliphatic rings. The summed E-state index contributed by atoms with van der Waals surface area (Å²) < 4.78 is 18.3. The zero-order valence-corrected chi connectivity index (χ0v) is 14.6. The van der Waals surface area contributed by atoms with Crippen molar-refractivity contribution < 1.29 is 18.7 Å². The summed E-state index contributed by atoms with van der Waals surface area (Å²) in [5.74, 6) is -0.492. The maximum atomic E-state index is 13.1. The summed E-state index contributed by atoms with van der Waals surface area (Å²) in [5.41, 5.74) is 1.40. The predicted octanol–water partition coefficient (Wildman–Crippen LogP) is 2.37. The molecular formula is C19H17FN4O3. The van der Waals surface area contributed by atoms with Crippen molar-refractivity contribution in [2.45, 2.75) is 18.5 Å². The van der Waals surface area contributed by atoms with Gasteiger partial charge in [0.1, 0.15) is 11.6 Å². The molecule has 0 saturated carbocycles. The van der Waals surface area contributed by atoms with Crippen molar-refractivity contribution in [3.8, 4) is 5.75 Å². The SMILES string of the molecule is COc1ccc(CCN2N=NC3C(=O)N(c4ccc(F)cc4)C(=O)C32)cc1. The summed E-state index contributed by atoms with van der Waals surface area (Å²) in [6, 6.07) is 11.3. The van der Waals surface area contributed by atoms with E-state index in [1.54, 1.807) is 12.1 Å². The van der Waals surface area contributed by atoms with Gasteiger partial charge in [-0.15, -0.1) is 0 Å². The van der Waals surface area contributed by atoms with Crippen LogP contribution in [-0.4, -0.2) is 42.6 Å². The zero-order valence-electron chi connectivity index (χ0n) is 14.6. The monoisotopic (exact) mass is 368 g/mol. The number of hydrogen-bond acceptors (Lipinski definition) is 6. The van der Waals surface area contributed by atoms with Crippen LogP contribution in [0.4, 0.5) is 10.1 Å². The van der Waals surface area contributed by atoms with Gasteiger partial charge in [0.25, 0.3) is 11.8 Å². The van der Waals surface area contributed by atoms with E-state index in [-0.39, 0.29) is 0 Å². The second kappa shape index (κ2) is 6.79. The van der Waals surface area contributed by atoms with E-state index in [2.05, 4.69) is 10.3 Å². The van der Waals surface area contributed by atoms with Crippen LogP contribution in [0.5, 0.6) is 5.75 Å². The molecule has 138 valence electrons. The summed E-state index contributed by atoms with van der Waals surface area (Å²) in [6.45, 7) is 0.452. The molecule has 2 aliphatic heterocycles. The molecule has 2 amide bonds. The lowest BCUT2D eigenvalue weighted by atomic mass is 10.1. The van der Waals surface area contributed by atoms with Crippen LogP contribution in [0, 0.1) is 5.82 Å². The summed E-state index contributed by atoms with van der Waals surface area (Å²) in [4.78, 5) is 26.5. The standard InChI is InChI=1S/C19H17FN4O3/c1-27-15-8-2-12(3-9-15)10-11-23-17-16(21-22-23)18(25)24(19(17)26)14-6-4-13(20)5-7-14/h2-9,16-17H,10-11H2,1H3. The number of fused-ring (bicyclic) bond motifs is 1. The van der Waals surface area contributed by atoms with E-state index in [1.165, 1.54) is 24.3 Å². The Morgan fingerprint density at radius 1 is 1.04 bits per heavy atom. The van der Waals surface area contributed by atoms with Gasteiger partial charge in [-0.2, -0.15) is 5.11 Å². The summed E-state index contributed by atoms with van der Waals surface area (Å²) >= 11 is 0. The van der Waals surface area contributed by atoms with Gasteiger partial charge >= 0.3 is 0 Å². The van der Waals surface area contributed by atoms with Crippen LogP contribution in [-0.2, 0) is 16.0 Å². The summed E-state index contributed by atoms with van der Waals surface area (Å²) in [6.07, 6.45) is 0.643. The van der Waals surface area contributed by atoms with Crippen molar-refractivity contribution in [3.05, 3.63) is 59.9 Å². The molecule has 7 nitrogen and oxygen atoms in total. The molecule has 0 bridgehead atoms. The minimum Gasteiger partial charge on any atom is -0.497 e. The van der Waals surface area contributed by atoms with Gasteiger partial charge in [-0.25, -0.2) is 9.29 Å². The molecule has 8 heteroatoms. The lowest BCUT2D eigenvalue weighted by molar-refractivity contribution is -0.123. The highest BCUT2D eigenvalue weighted by atomic mass is 19.1. The maximum Gasteiger partial charge on any atom is 0.263 e. The molecule has 2 unspecified atom stereocenters. The number of ether oxygens (including phenoxy) is 1. The average Bonchev–Trinajstić information content (AvgIpc) is 3.21. The zero-order chi connectivity index (χ0) is 19.0. The van der Waals surface area contributed by atoms with Gasteiger partial charge in [0.2, 0.25) is 0 Å². The van der Waals surface area contributed by atoms with Crippen molar-refractivity contribution in [1.29, 1.82) is 0 Å². The van der Waals surface area contributed by atoms with Crippen molar-refractivity contribution in [2.75, 3.05) is 18.6 Å². The van der Waals surface area contributed by atoms with Crippen LogP contribution < -0.4 is 9.64 Å². The molecule has 0 spiro atoms. The highest BCUT2D eigenvalue weighted by Crippen LogP contribution is 2.32. The number of benzene rings is 2. The van der Waals surface area contributed by atoms with E-state index >= 15 is 0 Å². The number of amides is 2. The summed E-state index contributed by atoms with van der Waals surface area (Å²) in [7, 11) is 1.61. The number of nitrogens with zero attached hydrogens (tertiary/aromatic N) is 4. The molecule has 0 aliphatic carbocycles. The van der Waals surface area contributed by atoms with Crippen molar-refractivity contribution >= 4 is 17.5 Å². The van der Waals surface area contributed by atoms with E-state index < -0.39 is 29.7 Å². The highest BCUT2D eigenvalue weighted by molar-refractivity contribution is 6.25. The van der Waals surface area contributed by atoms with Crippen molar-refractivity contribution in [1.82, 2.24) is 5.01 Å². The first-order valence-electron chi connectivity index (χ1n) is 8.52. The molecule has 27 heavy (non-hydrogen) atoms. The van der Waals surface area contributed by atoms with Gasteiger partial charge in [-0.1, -0.05) is 17.4 Å².